The van der Waals surface area contributed by atoms with E-state index in [1.165, 1.54) is 0 Å². The Hall–Kier alpha value is -3.39. The monoisotopic (exact) mass is 475 g/mol. The van der Waals surface area contributed by atoms with Gasteiger partial charge in [-0.3, -0.25) is 14.7 Å². The summed E-state index contributed by atoms with van der Waals surface area (Å²) >= 11 is 0. The van der Waals surface area contributed by atoms with E-state index in [1.54, 1.807) is 17.0 Å². The predicted octanol–water partition coefficient (Wildman–Crippen LogP) is 3.40. The first-order valence-corrected chi connectivity index (χ1v) is 12.4. The fourth-order valence-corrected chi connectivity index (χ4v) is 4.93. The second-order valence-corrected chi connectivity index (χ2v) is 10.3. The van der Waals surface area contributed by atoms with Crippen LogP contribution in [-0.2, 0) is 19.5 Å². The lowest BCUT2D eigenvalue weighted by molar-refractivity contribution is 0.0663. The molecule has 0 saturated carbocycles. The first-order chi connectivity index (χ1) is 16.8. The number of likely N-dealkylation sites (N-methyl/N-ethyl adjacent to an activating group) is 1. The van der Waals surface area contributed by atoms with Gasteiger partial charge in [-0.1, -0.05) is 19.9 Å². The molecule has 0 radical (unpaired) electrons. The van der Waals surface area contributed by atoms with Crippen LogP contribution in [0.4, 0.5) is 0 Å². The predicted molar refractivity (Wildman–Crippen MR) is 134 cm³/mol. The lowest BCUT2D eigenvalue weighted by atomic mass is 10.0. The third-order valence-electron chi connectivity index (χ3n) is 7.20. The number of aromatic amines is 1. The van der Waals surface area contributed by atoms with E-state index >= 15 is 0 Å². The van der Waals surface area contributed by atoms with Crippen LogP contribution in [0.5, 0.6) is 5.75 Å². The molecular formula is C27H33N5O3. The first kappa shape index (κ1) is 23.4. The number of carbonyl (C=O) groups excluding carboxylic acids is 2. The number of benzene rings is 2. The molecule has 2 aromatic carbocycles. The standard InChI is InChI=1S/C27H33N5O3/c1-17(2)4-7-23-21-13-22(25(33)14-24(21)29-28-23)27(35)32-15-19-6-5-18(12-20(19)16-32)26(34)31-10-8-30(3)9-11-31/h5-6,12-14,17,33H,4,7-11,15-16H2,1-3H3,(H,28,29). The van der Waals surface area contributed by atoms with Gasteiger partial charge < -0.3 is 19.8 Å². The van der Waals surface area contributed by atoms with E-state index in [4.69, 9.17) is 0 Å². The Morgan fingerprint density at radius 3 is 2.49 bits per heavy atom. The lowest BCUT2D eigenvalue weighted by Gasteiger charge is -2.32. The molecule has 1 saturated heterocycles. The van der Waals surface area contributed by atoms with E-state index in [-0.39, 0.29) is 23.1 Å². The number of aromatic hydroxyl groups is 1. The highest BCUT2D eigenvalue weighted by Gasteiger charge is 2.28. The van der Waals surface area contributed by atoms with Crippen molar-refractivity contribution in [3.63, 3.8) is 0 Å². The van der Waals surface area contributed by atoms with Crippen molar-refractivity contribution in [1.29, 1.82) is 0 Å². The maximum Gasteiger partial charge on any atom is 0.258 e. The van der Waals surface area contributed by atoms with Crippen LogP contribution >= 0.6 is 0 Å². The molecule has 0 spiro atoms. The van der Waals surface area contributed by atoms with Crippen molar-refractivity contribution in [2.45, 2.75) is 39.8 Å². The van der Waals surface area contributed by atoms with Gasteiger partial charge in [-0.15, -0.1) is 0 Å². The molecule has 2 N–H and O–H groups in total. The van der Waals surface area contributed by atoms with Gasteiger partial charge in [0.1, 0.15) is 5.75 Å². The van der Waals surface area contributed by atoms with Crippen LogP contribution < -0.4 is 0 Å². The number of piperazine rings is 1. The van der Waals surface area contributed by atoms with Gasteiger partial charge in [0.2, 0.25) is 0 Å². The number of aryl methyl sites for hydroxylation is 1. The normalized spacial score (nSPS) is 16.3. The molecule has 3 heterocycles. The van der Waals surface area contributed by atoms with Crippen molar-refractivity contribution in [1.82, 2.24) is 24.9 Å². The number of H-pyrrole nitrogens is 1. The lowest BCUT2D eigenvalue weighted by Crippen LogP contribution is -2.47. The molecule has 1 fully saturated rings. The Balaban J connectivity index is 1.34. The summed E-state index contributed by atoms with van der Waals surface area (Å²) in [4.78, 5) is 32.3. The van der Waals surface area contributed by atoms with Gasteiger partial charge in [0.15, 0.2) is 0 Å². The quantitative estimate of drug-likeness (QED) is 0.590. The number of phenolic OH excluding ortho intramolecular Hbond substituents is 1. The number of aromatic nitrogens is 2. The molecule has 0 bridgehead atoms. The highest BCUT2D eigenvalue weighted by Crippen LogP contribution is 2.31. The Bertz CT molecular complexity index is 1270. The number of rotatable bonds is 5. The summed E-state index contributed by atoms with van der Waals surface area (Å²) in [7, 11) is 2.07. The summed E-state index contributed by atoms with van der Waals surface area (Å²) in [5.41, 5.74) is 4.62. The fraction of sp³-hybridized carbons (Fsp3) is 0.444. The summed E-state index contributed by atoms with van der Waals surface area (Å²) in [5, 5.41) is 18.9. The number of amides is 2. The summed E-state index contributed by atoms with van der Waals surface area (Å²) in [6.07, 6.45) is 1.82. The van der Waals surface area contributed by atoms with E-state index < -0.39 is 0 Å². The van der Waals surface area contributed by atoms with Crippen molar-refractivity contribution in [3.8, 4) is 5.75 Å². The highest BCUT2D eigenvalue weighted by atomic mass is 16.3. The average molecular weight is 476 g/mol. The Kier molecular flexibility index (Phi) is 6.23. The summed E-state index contributed by atoms with van der Waals surface area (Å²) in [5.74, 6) is 0.325. The second-order valence-electron chi connectivity index (χ2n) is 10.3. The molecule has 0 aliphatic carbocycles. The van der Waals surface area contributed by atoms with Crippen molar-refractivity contribution in [2.24, 2.45) is 5.92 Å². The van der Waals surface area contributed by atoms with E-state index in [2.05, 4.69) is 36.0 Å². The molecule has 8 nitrogen and oxygen atoms in total. The average Bonchev–Trinajstić information content (AvgIpc) is 3.45. The minimum atomic E-state index is -0.219. The maximum atomic E-state index is 13.4. The van der Waals surface area contributed by atoms with Crippen LogP contribution in [0.3, 0.4) is 0 Å². The summed E-state index contributed by atoms with van der Waals surface area (Å²) in [6, 6.07) is 9.09. The summed E-state index contributed by atoms with van der Waals surface area (Å²) in [6.45, 7) is 8.43. The van der Waals surface area contributed by atoms with Crippen LogP contribution in [0.15, 0.2) is 30.3 Å². The van der Waals surface area contributed by atoms with Crippen LogP contribution in [0.1, 0.15) is 57.8 Å². The van der Waals surface area contributed by atoms with Crippen LogP contribution in [0, 0.1) is 5.92 Å². The number of nitrogens with zero attached hydrogens (tertiary/aromatic N) is 4. The Labute approximate surface area is 205 Å². The molecule has 8 heteroatoms. The maximum absolute atomic E-state index is 13.4. The molecule has 2 aliphatic rings. The van der Waals surface area contributed by atoms with E-state index in [1.807, 2.05) is 23.1 Å². The van der Waals surface area contributed by atoms with E-state index in [9.17, 15) is 14.7 Å². The first-order valence-electron chi connectivity index (χ1n) is 12.4. The zero-order valence-electron chi connectivity index (χ0n) is 20.7. The molecule has 2 amide bonds. The molecule has 1 aromatic heterocycles. The minimum Gasteiger partial charge on any atom is -0.507 e. The molecule has 2 aliphatic heterocycles. The molecule has 0 atom stereocenters. The third kappa shape index (κ3) is 4.62. The fourth-order valence-electron chi connectivity index (χ4n) is 4.93. The van der Waals surface area contributed by atoms with Gasteiger partial charge in [-0.05, 0) is 55.1 Å². The van der Waals surface area contributed by atoms with Gasteiger partial charge >= 0.3 is 0 Å². The van der Waals surface area contributed by atoms with Gasteiger partial charge in [-0.2, -0.15) is 5.10 Å². The highest BCUT2D eigenvalue weighted by molar-refractivity contribution is 6.01. The molecule has 35 heavy (non-hydrogen) atoms. The van der Waals surface area contributed by atoms with Gasteiger partial charge in [0.05, 0.1) is 16.8 Å². The molecule has 0 unspecified atom stereocenters. The van der Waals surface area contributed by atoms with Crippen LogP contribution in [0.2, 0.25) is 0 Å². The van der Waals surface area contributed by atoms with Crippen LogP contribution in [-0.4, -0.2) is 75.0 Å². The van der Waals surface area contributed by atoms with E-state index in [0.717, 1.165) is 66.7 Å². The number of phenols is 1. The van der Waals surface area contributed by atoms with Crippen molar-refractivity contribution in [2.75, 3.05) is 33.2 Å². The van der Waals surface area contributed by atoms with Crippen molar-refractivity contribution >= 4 is 22.7 Å². The van der Waals surface area contributed by atoms with Crippen molar-refractivity contribution in [3.05, 3.63) is 58.3 Å². The number of nitrogens with one attached hydrogen (secondary N) is 1. The summed E-state index contributed by atoms with van der Waals surface area (Å²) < 4.78 is 0. The molecule has 184 valence electrons. The largest absolute Gasteiger partial charge is 0.507 e. The number of hydrogen-bond donors (Lipinski definition) is 2. The number of hydrogen-bond acceptors (Lipinski definition) is 5. The van der Waals surface area contributed by atoms with Gasteiger partial charge in [-0.25, -0.2) is 0 Å². The Morgan fingerprint density at radius 1 is 1.00 bits per heavy atom. The van der Waals surface area contributed by atoms with Gasteiger partial charge in [0.25, 0.3) is 11.8 Å². The minimum absolute atomic E-state index is 0.0441. The molecule has 5 rings (SSSR count). The Morgan fingerprint density at radius 2 is 1.74 bits per heavy atom. The SMILES string of the molecule is CC(C)CCc1n[nH]c2cc(O)c(C(=O)N3Cc4ccc(C(=O)N5CCN(C)CC5)cc4C3)cc12. The smallest absolute Gasteiger partial charge is 0.258 e. The zero-order chi connectivity index (χ0) is 24.7. The third-order valence-corrected chi connectivity index (χ3v) is 7.20. The van der Waals surface area contributed by atoms with E-state index in [0.29, 0.717) is 24.6 Å². The van der Waals surface area contributed by atoms with Crippen molar-refractivity contribution < 1.29 is 14.7 Å². The van der Waals surface area contributed by atoms with Gasteiger partial charge in [0, 0.05) is 56.3 Å². The van der Waals surface area contributed by atoms with Crippen LogP contribution in [0.25, 0.3) is 10.9 Å². The molecule has 3 aromatic rings. The topological polar surface area (TPSA) is 92.8 Å². The number of fused-ring (bicyclic) bond motifs is 2. The zero-order valence-corrected chi connectivity index (χ0v) is 20.7. The molecular weight excluding hydrogens is 442 g/mol. The number of carbonyl (C=O) groups is 2. The second kappa shape index (κ2) is 9.34.